The van der Waals surface area contributed by atoms with Crippen molar-refractivity contribution in [2.24, 2.45) is 5.92 Å². The Balaban J connectivity index is 1.63. The second kappa shape index (κ2) is 10.6. The van der Waals surface area contributed by atoms with Gasteiger partial charge in [-0.15, -0.1) is 0 Å². The van der Waals surface area contributed by atoms with Crippen LogP contribution in [0.2, 0.25) is 10.0 Å². The number of hydrogen-bond acceptors (Lipinski definition) is 3. The number of halogens is 2. The van der Waals surface area contributed by atoms with Crippen LogP contribution in [0.1, 0.15) is 57.4 Å². The largest absolute Gasteiger partial charge is 0.465 e. The zero-order valence-electron chi connectivity index (χ0n) is 19.9. The van der Waals surface area contributed by atoms with Crippen LogP contribution in [-0.4, -0.2) is 26.2 Å². The molecule has 0 amide bonds. The second-order valence-electron chi connectivity index (χ2n) is 9.45. The van der Waals surface area contributed by atoms with E-state index in [1.165, 1.54) is 30.2 Å². The standard InChI is InChI=1S/C30H29Cl2NO2/c1-35-30(34)23-9-11-25-22(16-23)3-2-4-27(26-12-10-24(31)17-28(26)32)29(25)21-7-5-19(6-8-21)15-20-13-14-33-18-20/h5-12,16-17,20,33H,2-4,13-15,18H2,1H3. The molecule has 0 aromatic heterocycles. The van der Waals surface area contributed by atoms with Crippen LogP contribution in [0.4, 0.5) is 0 Å². The highest BCUT2D eigenvalue weighted by atomic mass is 35.5. The van der Waals surface area contributed by atoms with E-state index in [2.05, 4.69) is 35.6 Å². The lowest BCUT2D eigenvalue weighted by atomic mass is 9.86. The summed E-state index contributed by atoms with van der Waals surface area (Å²) >= 11 is 12.9. The first kappa shape index (κ1) is 24.1. The van der Waals surface area contributed by atoms with Crippen molar-refractivity contribution >= 4 is 40.3 Å². The van der Waals surface area contributed by atoms with E-state index in [-0.39, 0.29) is 5.97 Å². The van der Waals surface area contributed by atoms with Gasteiger partial charge in [0.25, 0.3) is 0 Å². The Morgan fingerprint density at radius 3 is 2.51 bits per heavy atom. The van der Waals surface area contributed by atoms with Crippen molar-refractivity contribution in [3.63, 3.8) is 0 Å². The third-order valence-corrected chi connectivity index (χ3v) is 7.70. The number of methoxy groups -OCH3 is 1. The van der Waals surface area contributed by atoms with Crippen molar-refractivity contribution in [1.82, 2.24) is 5.32 Å². The number of nitrogens with one attached hydrogen (secondary N) is 1. The molecule has 0 radical (unpaired) electrons. The minimum Gasteiger partial charge on any atom is -0.465 e. The smallest absolute Gasteiger partial charge is 0.337 e. The van der Waals surface area contributed by atoms with E-state index in [4.69, 9.17) is 27.9 Å². The molecule has 1 saturated heterocycles. The van der Waals surface area contributed by atoms with Gasteiger partial charge in [-0.3, -0.25) is 0 Å². The molecule has 3 aromatic carbocycles. The van der Waals surface area contributed by atoms with Gasteiger partial charge in [0, 0.05) is 10.0 Å². The molecule has 180 valence electrons. The van der Waals surface area contributed by atoms with E-state index in [0.717, 1.165) is 61.0 Å². The molecule has 0 saturated carbocycles. The normalized spacial score (nSPS) is 17.7. The number of aryl methyl sites for hydroxylation is 1. The number of fused-ring (bicyclic) bond motifs is 1. The zero-order chi connectivity index (χ0) is 24.4. The first-order valence-electron chi connectivity index (χ1n) is 12.2. The van der Waals surface area contributed by atoms with E-state index in [0.29, 0.717) is 21.5 Å². The molecule has 1 fully saturated rings. The third-order valence-electron chi connectivity index (χ3n) is 7.16. The lowest BCUT2D eigenvalue weighted by Crippen LogP contribution is -2.10. The van der Waals surface area contributed by atoms with Crippen LogP contribution in [0.3, 0.4) is 0 Å². The number of carbonyl (C=O) groups is 1. The summed E-state index contributed by atoms with van der Waals surface area (Å²) < 4.78 is 4.97. The molecule has 1 heterocycles. The molecule has 1 atom stereocenters. The Morgan fingerprint density at radius 1 is 1.00 bits per heavy atom. The van der Waals surface area contributed by atoms with E-state index in [9.17, 15) is 4.79 Å². The van der Waals surface area contributed by atoms with Gasteiger partial charge in [-0.25, -0.2) is 4.79 Å². The molecule has 5 heteroatoms. The Hall–Kier alpha value is -2.59. The summed E-state index contributed by atoms with van der Waals surface area (Å²) in [5.41, 5.74) is 8.80. The second-order valence-corrected chi connectivity index (χ2v) is 10.3. The van der Waals surface area contributed by atoms with Crippen LogP contribution < -0.4 is 5.32 Å². The Bertz CT molecular complexity index is 1270. The van der Waals surface area contributed by atoms with Crippen molar-refractivity contribution in [2.45, 2.75) is 32.1 Å². The molecule has 5 rings (SSSR count). The lowest BCUT2D eigenvalue weighted by molar-refractivity contribution is 0.0600. The number of hydrogen-bond donors (Lipinski definition) is 1. The number of ether oxygens (including phenoxy) is 1. The van der Waals surface area contributed by atoms with Gasteiger partial charge in [0.05, 0.1) is 12.7 Å². The molecule has 0 spiro atoms. The molecular weight excluding hydrogens is 477 g/mol. The van der Waals surface area contributed by atoms with E-state index >= 15 is 0 Å². The fourth-order valence-electron chi connectivity index (χ4n) is 5.40. The highest BCUT2D eigenvalue weighted by Gasteiger charge is 2.23. The van der Waals surface area contributed by atoms with Crippen molar-refractivity contribution in [3.8, 4) is 0 Å². The molecule has 1 aliphatic carbocycles. The SMILES string of the molecule is COC(=O)c1ccc2c(c1)CCCC(c1ccc(Cl)cc1Cl)=C2c1ccc(CC2CCNC2)cc1. The maximum atomic E-state index is 12.2. The summed E-state index contributed by atoms with van der Waals surface area (Å²) in [4.78, 5) is 12.2. The van der Waals surface area contributed by atoms with Gasteiger partial charge in [-0.2, -0.15) is 0 Å². The first-order valence-corrected chi connectivity index (χ1v) is 13.0. The first-order chi connectivity index (χ1) is 17.0. The minimum absolute atomic E-state index is 0.311. The van der Waals surface area contributed by atoms with E-state index < -0.39 is 0 Å². The fourth-order valence-corrected chi connectivity index (χ4v) is 5.92. The van der Waals surface area contributed by atoms with Crippen molar-refractivity contribution in [3.05, 3.63) is 104 Å². The van der Waals surface area contributed by atoms with Crippen LogP contribution in [0, 0.1) is 5.92 Å². The summed E-state index contributed by atoms with van der Waals surface area (Å²) in [5, 5.41) is 4.75. The Morgan fingerprint density at radius 2 is 1.80 bits per heavy atom. The number of esters is 1. The van der Waals surface area contributed by atoms with Crippen molar-refractivity contribution in [1.29, 1.82) is 0 Å². The predicted molar refractivity (Wildman–Crippen MR) is 144 cm³/mol. The molecule has 1 aliphatic heterocycles. The molecule has 3 nitrogen and oxygen atoms in total. The summed E-state index contributed by atoms with van der Waals surface area (Å²) in [6, 6.07) is 20.6. The van der Waals surface area contributed by atoms with Gasteiger partial charge in [-0.1, -0.05) is 59.6 Å². The summed E-state index contributed by atoms with van der Waals surface area (Å²) in [7, 11) is 1.42. The van der Waals surface area contributed by atoms with Crippen LogP contribution >= 0.6 is 23.2 Å². The maximum Gasteiger partial charge on any atom is 0.337 e. The van der Waals surface area contributed by atoms with E-state index in [1.807, 2.05) is 30.3 Å². The lowest BCUT2D eigenvalue weighted by Gasteiger charge is -2.18. The van der Waals surface area contributed by atoms with Crippen LogP contribution in [0.15, 0.2) is 60.7 Å². The van der Waals surface area contributed by atoms with Gasteiger partial charge in [-0.05, 0) is 114 Å². The van der Waals surface area contributed by atoms with Gasteiger partial charge in [0.2, 0.25) is 0 Å². The zero-order valence-corrected chi connectivity index (χ0v) is 21.4. The van der Waals surface area contributed by atoms with E-state index in [1.54, 1.807) is 0 Å². The number of allylic oxidation sites excluding steroid dienone is 1. The summed E-state index contributed by atoms with van der Waals surface area (Å²) in [6.07, 6.45) is 5.06. The third kappa shape index (κ3) is 5.18. The molecule has 3 aromatic rings. The molecular formula is C30H29Cl2NO2. The van der Waals surface area contributed by atoms with Gasteiger partial charge in [0.15, 0.2) is 0 Å². The van der Waals surface area contributed by atoms with Crippen LogP contribution in [0.25, 0.3) is 11.1 Å². The van der Waals surface area contributed by atoms with Crippen molar-refractivity contribution < 1.29 is 9.53 Å². The van der Waals surface area contributed by atoms with Gasteiger partial charge < -0.3 is 10.1 Å². The van der Waals surface area contributed by atoms with Crippen molar-refractivity contribution in [2.75, 3.05) is 20.2 Å². The molecule has 1 N–H and O–H groups in total. The maximum absolute atomic E-state index is 12.2. The minimum atomic E-state index is -0.311. The number of rotatable bonds is 5. The van der Waals surface area contributed by atoms with Gasteiger partial charge >= 0.3 is 5.97 Å². The Kier molecular flexibility index (Phi) is 7.29. The molecule has 2 aliphatic rings. The monoisotopic (exact) mass is 505 g/mol. The quantitative estimate of drug-likeness (QED) is 0.371. The number of carbonyl (C=O) groups excluding carboxylic acids is 1. The molecule has 35 heavy (non-hydrogen) atoms. The number of benzene rings is 3. The topological polar surface area (TPSA) is 38.3 Å². The van der Waals surface area contributed by atoms with Gasteiger partial charge in [0.1, 0.15) is 0 Å². The summed E-state index contributed by atoms with van der Waals surface area (Å²) in [6.45, 7) is 2.22. The van der Waals surface area contributed by atoms with Crippen LogP contribution in [-0.2, 0) is 17.6 Å². The highest BCUT2D eigenvalue weighted by Crippen LogP contribution is 2.42. The van der Waals surface area contributed by atoms with Crippen LogP contribution in [0.5, 0.6) is 0 Å². The fraction of sp³-hybridized carbons (Fsp3) is 0.300. The molecule has 0 bridgehead atoms. The Labute approximate surface area is 217 Å². The average molecular weight is 506 g/mol. The highest BCUT2D eigenvalue weighted by molar-refractivity contribution is 6.36. The molecule has 1 unspecified atom stereocenters. The predicted octanol–water partition coefficient (Wildman–Crippen LogP) is 7.23. The summed E-state index contributed by atoms with van der Waals surface area (Å²) in [5.74, 6) is 0.396. The average Bonchev–Trinajstić information content (AvgIpc) is 3.30.